The molecule has 0 saturated carbocycles. The van der Waals surface area contributed by atoms with Crippen molar-refractivity contribution in [2.75, 3.05) is 23.3 Å². The Morgan fingerprint density at radius 3 is 2.33 bits per heavy atom. The van der Waals surface area contributed by atoms with Gasteiger partial charge in [-0.25, -0.2) is 9.97 Å². The molecule has 9 heteroatoms. The monoisotopic (exact) mass is 575 g/mol. The van der Waals surface area contributed by atoms with Crippen LogP contribution in [-0.2, 0) is 0 Å². The van der Waals surface area contributed by atoms with Crippen LogP contribution in [0.25, 0.3) is 33.3 Å². The molecule has 39 heavy (non-hydrogen) atoms. The Kier molecular flexibility index (Phi) is 7.17. The van der Waals surface area contributed by atoms with Crippen LogP contribution in [0.15, 0.2) is 77.9 Å². The summed E-state index contributed by atoms with van der Waals surface area (Å²) in [7, 11) is 0. The van der Waals surface area contributed by atoms with Gasteiger partial charge >= 0.3 is 0 Å². The summed E-state index contributed by atoms with van der Waals surface area (Å²) in [4.78, 5) is 27.3. The number of rotatable bonds is 5. The maximum absolute atomic E-state index is 12.9. The predicted octanol–water partition coefficient (Wildman–Crippen LogP) is 8.35. The summed E-state index contributed by atoms with van der Waals surface area (Å²) in [5.41, 5.74) is 4.92. The lowest BCUT2D eigenvalue weighted by Gasteiger charge is -2.28. The molecule has 0 unspecified atom stereocenters. The number of piperidine rings is 1. The van der Waals surface area contributed by atoms with E-state index in [2.05, 4.69) is 32.3 Å². The average Bonchev–Trinajstić information content (AvgIpc) is 2.95. The second-order valence-corrected chi connectivity index (χ2v) is 10.7. The first-order valence-electron chi connectivity index (χ1n) is 12.7. The number of anilines is 3. The van der Waals surface area contributed by atoms with Crippen LogP contribution in [0.2, 0.25) is 15.1 Å². The van der Waals surface area contributed by atoms with E-state index in [1.54, 1.807) is 18.2 Å². The zero-order valence-electron chi connectivity index (χ0n) is 20.8. The standard InChI is InChI=1S/C30H24Cl3N5O/c31-22-8-4-6-20(26(22)21-7-5-9-23(32)28(21)33)24-16-25-27(30(39)35-17-34-25)29(37-24)36-18-10-12-19(13-11-18)38-14-2-1-3-15-38/h4-13,16-17H,1-3,14-15H2,(H,36,37)(H,34,35,39). The molecule has 5 aromatic rings. The third-order valence-corrected chi connectivity index (χ3v) is 8.12. The molecule has 3 heterocycles. The molecule has 1 aliphatic rings. The normalized spacial score (nSPS) is 13.6. The van der Waals surface area contributed by atoms with Crippen LogP contribution in [-0.4, -0.2) is 28.0 Å². The van der Waals surface area contributed by atoms with E-state index in [1.165, 1.54) is 31.3 Å². The molecule has 1 saturated heterocycles. The number of aromatic amines is 1. The Morgan fingerprint density at radius 1 is 0.846 bits per heavy atom. The van der Waals surface area contributed by atoms with Crippen LogP contribution >= 0.6 is 34.8 Å². The van der Waals surface area contributed by atoms with Gasteiger partial charge in [-0.2, -0.15) is 0 Å². The molecule has 6 rings (SSSR count). The van der Waals surface area contributed by atoms with Crippen molar-refractivity contribution >= 4 is 62.9 Å². The molecule has 0 bridgehead atoms. The smallest absolute Gasteiger partial charge is 0.262 e. The number of hydrogen-bond donors (Lipinski definition) is 2. The first kappa shape index (κ1) is 25.7. The number of pyridine rings is 1. The second-order valence-electron chi connectivity index (χ2n) is 9.47. The van der Waals surface area contributed by atoms with Gasteiger partial charge in [0.15, 0.2) is 0 Å². The van der Waals surface area contributed by atoms with E-state index in [0.717, 1.165) is 24.3 Å². The molecule has 0 atom stereocenters. The zero-order chi connectivity index (χ0) is 26.9. The minimum atomic E-state index is -0.282. The van der Waals surface area contributed by atoms with Gasteiger partial charge in [0.25, 0.3) is 5.56 Å². The number of nitrogens with one attached hydrogen (secondary N) is 2. The number of aromatic nitrogens is 3. The van der Waals surface area contributed by atoms with E-state index in [-0.39, 0.29) is 5.56 Å². The Labute approximate surface area is 240 Å². The molecule has 2 aromatic heterocycles. The SMILES string of the molecule is O=c1[nH]cnc2cc(-c3cccc(Cl)c3-c3cccc(Cl)c3Cl)nc(Nc3ccc(N4CCCCC4)cc3)c12. The summed E-state index contributed by atoms with van der Waals surface area (Å²) in [6, 6.07) is 21.0. The molecular formula is C30H24Cl3N5O. The van der Waals surface area contributed by atoms with Gasteiger partial charge in [0.1, 0.15) is 11.2 Å². The number of halogens is 3. The third kappa shape index (κ3) is 5.08. The average molecular weight is 577 g/mol. The van der Waals surface area contributed by atoms with Crippen LogP contribution in [0.1, 0.15) is 19.3 Å². The van der Waals surface area contributed by atoms with Crippen molar-refractivity contribution in [1.29, 1.82) is 0 Å². The van der Waals surface area contributed by atoms with Gasteiger partial charge < -0.3 is 15.2 Å². The van der Waals surface area contributed by atoms with E-state index in [0.29, 0.717) is 48.6 Å². The number of fused-ring (bicyclic) bond motifs is 1. The number of H-pyrrole nitrogens is 1. The second kappa shape index (κ2) is 10.9. The lowest BCUT2D eigenvalue weighted by atomic mass is 9.96. The highest BCUT2D eigenvalue weighted by Crippen LogP contribution is 2.43. The van der Waals surface area contributed by atoms with Gasteiger partial charge in [-0.3, -0.25) is 4.79 Å². The molecule has 1 aliphatic heterocycles. The molecule has 0 radical (unpaired) electrons. The van der Waals surface area contributed by atoms with E-state index in [9.17, 15) is 4.79 Å². The van der Waals surface area contributed by atoms with Crippen LogP contribution in [0.3, 0.4) is 0 Å². The summed E-state index contributed by atoms with van der Waals surface area (Å²) >= 11 is 19.6. The lowest BCUT2D eigenvalue weighted by molar-refractivity contribution is 0.578. The maximum Gasteiger partial charge on any atom is 0.262 e. The minimum Gasteiger partial charge on any atom is -0.372 e. The number of nitrogens with zero attached hydrogens (tertiary/aromatic N) is 3. The van der Waals surface area contributed by atoms with Crippen LogP contribution < -0.4 is 15.8 Å². The molecular weight excluding hydrogens is 553 g/mol. The zero-order valence-corrected chi connectivity index (χ0v) is 23.1. The predicted molar refractivity (Wildman–Crippen MR) is 162 cm³/mol. The lowest BCUT2D eigenvalue weighted by Crippen LogP contribution is -2.29. The van der Waals surface area contributed by atoms with Gasteiger partial charge in [-0.1, -0.05) is 59.1 Å². The molecule has 0 aliphatic carbocycles. The summed E-state index contributed by atoms with van der Waals surface area (Å²) in [6.07, 6.45) is 5.10. The van der Waals surface area contributed by atoms with Gasteiger partial charge in [-0.05, 0) is 61.7 Å². The molecule has 2 N–H and O–H groups in total. The van der Waals surface area contributed by atoms with E-state index < -0.39 is 0 Å². The van der Waals surface area contributed by atoms with Crippen molar-refractivity contribution in [3.05, 3.63) is 98.5 Å². The van der Waals surface area contributed by atoms with E-state index in [1.807, 2.05) is 36.4 Å². The quantitative estimate of drug-likeness (QED) is 0.220. The van der Waals surface area contributed by atoms with Gasteiger partial charge in [0.2, 0.25) is 0 Å². The molecule has 0 amide bonds. The van der Waals surface area contributed by atoms with Crippen molar-refractivity contribution in [2.24, 2.45) is 0 Å². The Balaban J connectivity index is 1.46. The minimum absolute atomic E-state index is 0.282. The van der Waals surface area contributed by atoms with E-state index in [4.69, 9.17) is 39.8 Å². The summed E-state index contributed by atoms with van der Waals surface area (Å²) < 4.78 is 0. The fourth-order valence-corrected chi connectivity index (χ4v) is 5.74. The van der Waals surface area contributed by atoms with Crippen molar-refractivity contribution in [3.63, 3.8) is 0 Å². The number of hydrogen-bond acceptors (Lipinski definition) is 5. The summed E-state index contributed by atoms with van der Waals surface area (Å²) in [5, 5.41) is 5.04. The van der Waals surface area contributed by atoms with Crippen molar-refractivity contribution in [1.82, 2.24) is 15.0 Å². The fraction of sp³-hybridized carbons (Fsp3) is 0.167. The van der Waals surface area contributed by atoms with Crippen LogP contribution in [0, 0.1) is 0 Å². The fourth-order valence-electron chi connectivity index (χ4n) is 5.07. The Bertz CT molecular complexity index is 1730. The van der Waals surface area contributed by atoms with Crippen LogP contribution in [0.4, 0.5) is 17.2 Å². The first-order valence-corrected chi connectivity index (χ1v) is 13.9. The van der Waals surface area contributed by atoms with Crippen LogP contribution in [0.5, 0.6) is 0 Å². The third-order valence-electron chi connectivity index (χ3n) is 6.99. The van der Waals surface area contributed by atoms with E-state index >= 15 is 0 Å². The van der Waals surface area contributed by atoms with Crippen molar-refractivity contribution < 1.29 is 0 Å². The Morgan fingerprint density at radius 2 is 1.56 bits per heavy atom. The van der Waals surface area contributed by atoms with Gasteiger partial charge in [0.05, 0.1) is 27.6 Å². The van der Waals surface area contributed by atoms with Gasteiger partial charge in [-0.15, -0.1) is 0 Å². The summed E-state index contributed by atoms with van der Waals surface area (Å²) in [6.45, 7) is 2.14. The van der Waals surface area contributed by atoms with Crippen molar-refractivity contribution in [2.45, 2.75) is 19.3 Å². The molecule has 196 valence electrons. The Hall–Kier alpha value is -3.58. The summed E-state index contributed by atoms with van der Waals surface area (Å²) in [5.74, 6) is 0.394. The first-order chi connectivity index (χ1) is 19.0. The highest BCUT2D eigenvalue weighted by atomic mass is 35.5. The largest absolute Gasteiger partial charge is 0.372 e. The highest BCUT2D eigenvalue weighted by molar-refractivity contribution is 6.44. The molecule has 1 fully saturated rings. The topological polar surface area (TPSA) is 73.9 Å². The number of benzene rings is 3. The van der Waals surface area contributed by atoms with Crippen molar-refractivity contribution in [3.8, 4) is 22.4 Å². The highest BCUT2D eigenvalue weighted by Gasteiger charge is 2.19. The van der Waals surface area contributed by atoms with Gasteiger partial charge in [0, 0.05) is 46.2 Å². The molecule has 3 aromatic carbocycles. The maximum atomic E-state index is 12.9. The molecule has 6 nitrogen and oxygen atoms in total. The molecule has 0 spiro atoms.